The summed E-state index contributed by atoms with van der Waals surface area (Å²) in [5, 5.41) is 4.25. The maximum atomic E-state index is 4.25. The Balaban J connectivity index is 2.51. The van der Waals surface area contributed by atoms with Crippen LogP contribution in [0.5, 0.6) is 0 Å². The van der Waals surface area contributed by atoms with Crippen LogP contribution < -0.4 is 0 Å². The average molecular weight is 252 g/mol. The molecule has 1 heterocycles. The highest BCUT2D eigenvalue weighted by Crippen LogP contribution is 2.21. The maximum absolute atomic E-state index is 4.25. The standard InChI is InChI=1S/C10H10BrN3/c1-7-3-8(5-9(11)4-7)10-12-6-14(2)13-10/h3-6H,1-2H3. The summed E-state index contributed by atoms with van der Waals surface area (Å²) in [4.78, 5) is 4.20. The van der Waals surface area contributed by atoms with Gasteiger partial charge in [0.25, 0.3) is 0 Å². The van der Waals surface area contributed by atoms with Crippen molar-refractivity contribution in [3.8, 4) is 11.4 Å². The van der Waals surface area contributed by atoms with Crippen molar-refractivity contribution in [1.29, 1.82) is 0 Å². The molecule has 0 fully saturated rings. The minimum absolute atomic E-state index is 0.761. The van der Waals surface area contributed by atoms with Gasteiger partial charge in [0.05, 0.1) is 0 Å². The lowest BCUT2D eigenvalue weighted by Gasteiger charge is -1.99. The first-order valence-electron chi connectivity index (χ1n) is 4.28. The molecule has 2 rings (SSSR count). The molecule has 0 aliphatic carbocycles. The summed E-state index contributed by atoms with van der Waals surface area (Å²) in [6.07, 6.45) is 1.70. The van der Waals surface area contributed by atoms with Crippen LogP contribution in [0.25, 0.3) is 11.4 Å². The maximum Gasteiger partial charge on any atom is 0.181 e. The van der Waals surface area contributed by atoms with Crippen LogP contribution in [0.4, 0.5) is 0 Å². The molecule has 1 aromatic carbocycles. The highest BCUT2D eigenvalue weighted by atomic mass is 79.9. The topological polar surface area (TPSA) is 30.7 Å². The number of rotatable bonds is 1. The van der Waals surface area contributed by atoms with Gasteiger partial charge in [0.2, 0.25) is 0 Å². The second-order valence-corrected chi connectivity index (χ2v) is 4.17. The van der Waals surface area contributed by atoms with E-state index in [1.807, 2.05) is 13.1 Å². The lowest BCUT2D eigenvalue weighted by molar-refractivity contribution is 0.768. The van der Waals surface area contributed by atoms with Crippen molar-refractivity contribution in [1.82, 2.24) is 14.8 Å². The molecular formula is C10H10BrN3. The van der Waals surface area contributed by atoms with Crippen LogP contribution in [0.3, 0.4) is 0 Å². The molecule has 4 heteroatoms. The molecular weight excluding hydrogens is 242 g/mol. The van der Waals surface area contributed by atoms with Crippen molar-refractivity contribution in [2.75, 3.05) is 0 Å². The molecule has 1 aromatic heterocycles. The van der Waals surface area contributed by atoms with Crippen LogP contribution in [-0.2, 0) is 7.05 Å². The zero-order chi connectivity index (χ0) is 10.1. The van der Waals surface area contributed by atoms with Crippen molar-refractivity contribution < 1.29 is 0 Å². The summed E-state index contributed by atoms with van der Waals surface area (Å²) in [6, 6.07) is 6.15. The van der Waals surface area contributed by atoms with E-state index in [2.05, 4.69) is 45.1 Å². The number of aryl methyl sites for hydroxylation is 2. The fourth-order valence-electron chi connectivity index (χ4n) is 1.34. The van der Waals surface area contributed by atoms with Crippen molar-refractivity contribution in [3.05, 3.63) is 34.6 Å². The zero-order valence-corrected chi connectivity index (χ0v) is 9.62. The molecule has 2 aromatic rings. The molecule has 14 heavy (non-hydrogen) atoms. The van der Waals surface area contributed by atoms with Gasteiger partial charge in [-0.25, -0.2) is 4.98 Å². The Morgan fingerprint density at radius 3 is 2.64 bits per heavy atom. The Morgan fingerprint density at radius 2 is 2.07 bits per heavy atom. The Hall–Kier alpha value is -1.16. The van der Waals surface area contributed by atoms with Crippen LogP contribution in [0, 0.1) is 6.92 Å². The SMILES string of the molecule is Cc1cc(Br)cc(-c2ncn(C)n2)c1. The molecule has 0 saturated heterocycles. The minimum Gasteiger partial charge on any atom is -0.255 e. The molecule has 72 valence electrons. The number of nitrogens with zero attached hydrogens (tertiary/aromatic N) is 3. The Labute approximate surface area is 90.9 Å². The quantitative estimate of drug-likeness (QED) is 0.780. The minimum atomic E-state index is 0.761. The van der Waals surface area contributed by atoms with E-state index in [1.54, 1.807) is 11.0 Å². The monoisotopic (exact) mass is 251 g/mol. The Morgan fingerprint density at radius 1 is 1.29 bits per heavy atom. The Bertz CT molecular complexity index is 442. The van der Waals surface area contributed by atoms with Crippen molar-refractivity contribution in [2.45, 2.75) is 6.92 Å². The number of hydrogen-bond acceptors (Lipinski definition) is 2. The third-order valence-corrected chi connectivity index (χ3v) is 2.36. The average Bonchev–Trinajstić information content (AvgIpc) is 2.50. The summed E-state index contributed by atoms with van der Waals surface area (Å²) in [5.74, 6) is 0.761. The molecule has 0 aliphatic rings. The van der Waals surface area contributed by atoms with Crippen LogP contribution in [0.2, 0.25) is 0 Å². The molecule has 0 atom stereocenters. The summed E-state index contributed by atoms with van der Waals surface area (Å²) >= 11 is 3.45. The van der Waals surface area contributed by atoms with E-state index in [1.165, 1.54) is 5.56 Å². The van der Waals surface area contributed by atoms with Crippen molar-refractivity contribution in [2.24, 2.45) is 7.05 Å². The van der Waals surface area contributed by atoms with E-state index in [-0.39, 0.29) is 0 Å². The number of hydrogen-bond donors (Lipinski definition) is 0. The van der Waals surface area contributed by atoms with Crippen molar-refractivity contribution in [3.63, 3.8) is 0 Å². The van der Waals surface area contributed by atoms with Gasteiger partial charge in [-0.2, -0.15) is 5.10 Å². The third kappa shape index (κ3) is 1.85. The third-order valence-electron chi connectivity index (χ3n) is 1.90. The van der Waals surface area contributed by atoms with Gasteiger partial charge in [-0.1, -0.05) is 15.9 Å². The zero-order valence-electron chi connectivity index (χ0n) is 8.03. The molecule has 0 spiro atoms. The van der Waals surface area contributed by atoms with Crippen molar-refractivity contribution >= 4 is 15.9 Å². The summed E-state index contributed by atoms with van der Waals surface area (Å²) < 4.78 is 2.76. The summed E-state index contributed by atoms with van der Waals surface area (Å²) in [5.41, 5.74) is 2.24. The largest absolute Gasteiger partial charge is 0.255 e. The molecule has 0 radical (unpaired) electrons. The van der Waals surface area contributed by atoms with E-state index in [9.17, 15) is 0 Å². The fourth-order valence-corrected chi connectivity index (χ4v) is 1.94. The van der Waals surface area contributed by atoms with Crippen LogP contribution in [0.1, 0.15) is 5.56 Å². The first-order valence-corrected chi connectivity index (χ1v) is 5.07. The predicted octanol–water partition coefficient (Wildman–Crippen LogP) is 2.55. The van der Waals surface area contributed by atoms with Gasteiger partial charge in [0, 0.05) is 17.1 Å². The Kier molecular flexibility index (Phi) is 2.37. The molecule has 0 N–H and O–H groups in total. The second kappa shape index (κ2) is 3.53. The second-order valence-electron chi connectivity index (χ2n) is 3.26. The van der Waals surface area contributed by atoms with Gasteiger partial charge in [0.1, 0.15) is 6.33 Å². The van der Waals surface area contributed by atoms with Gasteiger partial charge in [-0.05, 0) is 30.7 Å². The molecule has 0 amide bonds. The predicted molar refractivity (Wildman–Crippen MR) is 58.9 cm³/mol. The molecule has 3 nitrogen and oxygen atoms in total. The fraction of sp³-hybridized carbons (Fsp3) is 0.200. The van der Waals surface area contributed by atoms with Gasteiger partial charge in [-0.3, -0.25) is 4.68 Å². The van der Waals surface area contributed by atoms with E-state index in [4.69, 9.17) is 0 Å². The van der Waals surface area contributed by atoms with Crippen LogP contribution >= 0.6 is 15.9 Å². The highest BCUT2D eigenvalue weighted by molar-refractivity contribution is 9.10. The first kappa shape index (κ1) is 9.40. The van der Waals surface area contributed by atoms with E-state index < -0.39 is 0 Å². The van der Waals surface area contributed by atoms with Gasteiger partial charge < -0.3 is 0 Å². The lowest BCUT2D eigenvalue weighted by Crippen LogP contribution is -1.88. The van der Waals surface area contributed by atoms with Gasteiger partial charge >= 0.3 is 0 Å². The highest BCUT2D eigenvalue weighted by Gasteiger charge is 2.03. The first-order chi connectivity index (χ1) is 6.65. The van der Waals surface area contributed by atoms with Crippen LogP contribution in [0.15, 0.2) is 29.0 Å². The molecule has 0 bridgehead atoms. The van der Waals surface area contributed by atoms with Crippen LogP contribution in [-0.4, -0.2) is 14.8 Å². The van der Waals surface area contributed by atoms with E-state index in [0.717, 1.165) is 15.9 Å². The van der Waals surface area contributed by atoms with E-state index in [0.29, 0.717) is 0 Å². The number of aromatic nitrogens is 3. The number of benzene rings is 1. The lowest BCUT2D eigenvalue weighted by atomic mass is 10.1. The van der Waals surface area contributed by atoms with E-state index >= 15 is 0 Å². The molecule has 0 aliphatic heterocycles. The molecule has 0 unspecified atom stereocenters. The summed E-state index contributed by atoms with van der Waals surface area (Å²) in [7, 11) is 1.86. The molecule has 0 saturated carbocycles. The smallest absolute Gasteiger partial charge is 0.181 e. The summed E-state index contributed by atoms with van der Waals surface area (Å²) in [6.45, 7) is 2.05. The van der Waals surface area contributed by atoms with Gasteiger partial charge in [0.15, 0.2) is 5.82 Å². The van der Waals surface area contributed by atoms with Gasteiger partial charge in [-0.15, -0.1) is 0 Å². The normalized spacial score (nSPS) is 10.5. The number of halogens is 1.